The van der Waals surface area contributed by atoms with Crippen molar-refractivity contribution in [1.29, 1.82) is 0 Å². The molecular formula is C13H14N2O2S. The third kappa shape index (κ3) is 3.78. The zero-order chi connectivity index (χ0) is 13.0. The minimum Gasteiger partial charge on any atom is -0.356 e. The molecule has 0 aromatic heterocycles. The van der Waals surface area contributed by atoms with E-state index in [-0.39, 0.29) is 0 Å². The van der Waals surface area contributed by atoms with Gasteiger partial charge in [0.2, 0.25) is 10.0 Å². The standard InChI is InChI=1S/C13H14N2O2S/c1-18(16,17)15-13-9-7-12(8-10-13)14-11-5-3-2-4-6-11/h2-10,14-15H,1H3. The van der Waals surface area contributed by atoms with Crippen molar-refractivity contribution in [1.82, 2.24) is 0 Å². The highest BCUT2D eigenvalue weighted by Gasteiger charge is 2.01. The van der Waals surface area contributed by atoms with E-state index >= 15 is 0 Å². The molecule has 4 nitrogen and oxygen atoms in total. The molecule has 2 N–H and O–H groups in total. The van der Waals surface area contributed by atoms with Gasteiger partial charge in [0.25, 0.3) is 0 Å². The number of nitrogens with one attached hydrogen (secondary N) is 2. The monoisotopic (exact) mass is 262 g/mol. The number of para-hydroxylation sites is 1. The van der Waals surface area contributed by atoms with Crippen molar-refractivity contribution < 1.29 is 8.42 Å². The van der Waals surface area contributed by atoms with E-state index in [1.54, 1.807) is 12.1 Å². The number of hydrogen-bond donors (Lipinski definition) is 2. The van der Waals surface area contributed by atoms with Gasteiger partial charge in [-0.3, -0.25) is 4.72 Å². The van der Waals surface area contributed by atoms with Crippen molar-refractivity contribution in [3.05, 3.63) is 54.6 Å². The average Bonchev–Trinajstić information content (AvgIpc) is 2.31. The lowest BCUT2D eigenvalue weighted by Gasteiger charge is -2.08. The molecule has 2 rings (SSSR count). The van der Waals surface area contributed by atoms with Crippen LogP contribution in [0, 0.1) is 0 Å². The Morgan fingerprint density at radius 3 is 1.83 bits per heavy atom. The van der Waals surface area contributed by atoms with Gasteiger partial charge in [0, 0.05) is 17.1 Å². The molecule has 0 radical (unpaired) electrons. The van der Waals surface area contributed by atoms with E-state index in [4.69, 9.17) is 0 Å². The summed E-state index contributed by atoms with van der Waals surface area (Å²) in [5.41, 5.74) is 2.44. The highest BCUT2D eigenvalue weighted by Crippen LogP contribution is 2.18. The maximum absolute atomic E-state index is 11.0. The molecule has 2 aromatic rings. The molecule has 0 unspecified atom stereocenters. The van der Waals surface area contributed by atoms with Gasteiger partial charge in [-0.15, -0.1) is 0 Å². The summed E-state index contributed by atoms with van der Waals surface area (Å²) < 4.78 is 24.5. The minimum absolute atomic E-state index is 0.552. The topological polar surface area (TPSA) is 58.2 Å². The predicted octanol–water partition coefficient (Wildman–Crippen LogP) is 2.80. The summed E-state index contributed by atoms with van der Waals surface area (Å²) in [5.74, 6) is 0. The van der Waals surface area contributed by atoms with Crippen LogP contribution in [0.5, 0.6) is 0 Å². The van der Waals surface area contributed by atoms with E-state index in [1.165, 1.54) is 0 Å². The van der Waals surface area contributed by atoms with E-state index in [2.05, 4.69) is 10.0 Å². The summed E-state index contributed by atoms with van der Waals surface area (Å²) in [4.78, 5) is 0. The van der Waals surface area contributed by atoms with Crippen LogP contribution < -0.4 is 10.0 Å². The maximum Gasteiger partial charge on any atom is 0.229 e. The Kier molecular flexibility index (Phi) is 3.53. The molecule has 0 saturated heterocycles. The summed E-state index contributed by atoms with van der Waals surface area (Å²) in [6.07, 6.45) is 1.13. The molecule has 2 aromatic carbocycles. The molecule has 5 heteroatoms. The first-order valence-corrected chi connectivity index (χ1v) is 7.32. The molecule has 0 aliphatic rings. The number of benzene rings is 2. The van der Waals surface area contributed by atoms with Gasteiger partial charge in [-0.2, -0.15) is 0 Å². The van der Waals surface area contributed by atoms with Gasteiger partial charge in [-0.05, 0) is 36.4 Å². The van der Waals surface area contributed by atoms with Crippen LogP contribution in [0.1, 0.15) is 0 Å². The number of hydrogen-bond acceptors (Lipinski definition) is 3. The van der Waals surface area contributed by atoms with Gasteiger partial charge in [-0.25, -0.2) is 8.42 Å². The van der Waals surface area contributed by atoms with Gasteiger partial charge in [0.05, 0.1) is 6.26 Å². The zero-order valence-corrected chi connectivity index (χ0v) is 10.7. The van der Waals surface area contributed by atoms with E-state index < -0.39 is 10.0 Å². The Hall–Kier alpha value is -2.01. The number of anilines is 3. The fourth-order valence-corrected chi connectivity index (χ4v) is 2.09. The molecular weight excluding hydrogens is 248 g/mol. The Morgan fingerprint density at radius 1 is 0.778 bits per heavy atom. The van der Waals surface area contributed by atoms with Gasteiger partial charge < -0.3 is 5.32 Å². The fraction of sp³-hybridized carbons (Fsp3) is 0.0769. The van der Waals surface area contributed by atoms with Crippen molar-refractivity contribution in [2.45, 2.75) is 0 Å². The highest BCUT2D eigenvalue weighted by molar-refractivity contribution is 7.92. The lowest BCUT2D eigenvalue weighted by molar-refractivity contribution is 0.607. The molecule has 0 aliphatic heterocycles. The van der Waals surface area contributed by atoms with Crippen molar-refractivity contribution in [2.24, 2.45) is 0 Å². The largest absolute Gasteiger partial charge is 0.356 e. The van der Waals surface area contributed by atoms with Crippen LogP contribution in [0.3, 0.4) is 0 Å². The van der Waals surface area contributed by atoms with Gasteiger partial charge >= 0.3 is 0 Å². The Morgan fingerprint density at radius 2 is 1.28 bits per heavy atom. The van der Waals surface area contributed by atoms with Crippen LogP contribution >= 0.6 is 0 Å². The molecule has 94 valence electrons. The molecule has 0 aliphatic carbocycles. The summed E-state index contributed by atoms with van der Waals surface area (Å²) in [6, 6.07) is 16.8. The van der Waals surface area contributed by atoms with Gasteiger partial charge in [0.15, 0.2) is 0 Å². The van der Waals surface area contributed by atoms with E-state index in [0.717, 1.165) is 17.6 Å². The predicted molar refractivity (Wildman–Crippen MR) is 74.6 cm³/mol. The molecule has 0 heterocycles. The first-order valence-electron chi connectivity index (χ1n) is 5.43. The normalized spacial score (nSPS) is 10.9. The van der Waals surface area contributed by atoms with Crippen LogP contribution in [-0.4, -0.2) is 14.7 Å². The van der Waals surface area contributed by atoms with Crippen molar-refractivity contribution in [3.8, 4) is 0 Å². The van der Waals surface area contributed by atoms with Crippen molar-refractivity contribution in [2.75, 3.05) is 16.3 Å². The average molecular weight is 262 g/mol. The summed E-state index contributed by atoms with van der Waals surface area (Å²) in [5, 5.41) is 3.22. The van der Waals surface area contributed by atoms with Crippen LogP contribution in [0.15, 0.2) is 54.6 Å². The van der Waals surface area contributed by atoms with E-state index in [9.17, 15) is 8.42 Å². The third-order valence-corrected chi connectivity index (χ3v) is 2.86. The highest BCUT2D eigenvalue weighted by atomic mass is 32.2. The number of sulfonamides is 1. The summed E-state index contributed by atoms with van der Waals surface area (Å²) >= 11 is 0. The quantitative estimate of drug-likeness (QED) is 0.890. The second-order valence-corrected chi connectivity index (χ2v) is 5.69. The lowest BCUT2D eigenvalue weighted by Crippen LogP contribution is -2.09. The fourth-order valence-electron chi connectivity index (χ4n) is 1.52. The Bertz CT molecular complexity index is 607. The summed E-state index contributed by atoms with van der Waals surface area (Å²) in [6.45, 7) is 0. The van der Waals surface area contributed by atoms with E-state index in [0.29, 0.717) is 5.69 Å². The third-order valence-electron chi connectivity index (χ3n) is 2.25. The summed E-state index contributed by atoms with van der Waals surface area (Å²) in [7, 11) is -3.22. The van der Waals surface area contributed by atoms with Crippen LogP contribution in [0.25, 0.3) is 0 Å². The molecule has 0 saturated carbocycles. The Balaban J connectivity index is 2.09. The molecule has 18 heavy (non-hydrogen) atoms. The van der Waals surface area contributed by atoms with Gasteiger partial charge in [-0.1, -0.05) is 18.2 Å². The maximum atomic E-state index is 11.0. The first kappa shape index (κ1) is 12.4. The minimum atomic E-state index is -3.22. The van der Waals surface area contributed by atoms with Crippen LogP contribution in [0.4, 0.5) is 17.1 Å². The SMILES string of the molecule is CS(=O)(=O)Nc1ccc(Nc2ccccc2)cc1. The molecule has 0 amide bonds. The van der Waals surface area contributed by atoms with Gasteiger partial charge in [0.1, 0.15) is 0 Å². The zero-order valence-electron chi connectivity index (χ0n) is 9.92. The molecule has 0 atom stereocenters. The van der Waals surface area contributed by atoms with E-state index in [1.807, 2.05) is 42.5 Å². The Labute approximate surface area is 107 Å². The van der Waals surface area contributed by atoms with Crippen LogP contribution in [-0.2, 0) is 10.0 Å². The van der Waals surface area contributed by atoms with Crippen molar-refractivity contribution >= 4 is 27.1 Å². The van der Waals surface area contributed by atoms with Crippen LogP contribution in [0.2, 0.25) is 0 Å². The molecule has 0 spiro atoms. The number of rotatable bonds is 4. The second-order valence-electron chi connectivity index (χ2n) is 3.94. The molecule has 0 fully saturated rings. The smallest absolute Gasteiger partial charge is 0.229 e. The lowest BCUT2D eigenvalue weighted by atomic mass is 10.2. The van der Waals surface area contributed by atoms with Crippen molar-refractivity contribution in [3.63, 3.8) is 0 Å². The second kappa shape index (κ2) is 5.10. The molecule has 0 bridgehead atoms. The first-order chi connectivity index (χ1) is 8.53.